The molecule has 3 rings (SSSR count). The van der Waals surface area contributed by atoms with Gasteiger partial charge in [0.05, 0.1) is 6.61 Å². The quantitative estimate of drug-likeness (QED) is 0.200. The Labute approximate surface area is 188 Å². The molecule has 3 aromatic rings. The number of nitrogens with one attached hydrogen (secondary N) is 2. The molecule has 0 bridgehead atoms. The highest BCUT2D eigenvalue weighted by Gasteiger charge is 2.05. The predicted octanol–water partition coefficient (Wildman–Crippen LogP) is 2.47. The van der Waals surface area contributed by atoms with Crippen LogP contribution in [0.3, 0.4) is 0 Å². The summed E-state index contributed by atoms with van der Waals surface area (Å²) in [6.07, 6.45) is 3.14. The van der Waals surface area contributed by atoms with E-state index in [1.165, 1.54) is 10.9 Å². The molecule has 0 aliphatic heterocycles. The van der Waals surface area contributed by atoms with Crippen molar-refractivity contribution >= 4 is 40.8 Å². The maximum Gasteiger partial charge on any atom is 0.191 e. The number of aliphatic imine (C=N–C) groups is 1. The highest BCUT2D eigenvalue weighted by atomic mass is 127. The number of fused-ring (bicyclic) bond motifs is 1. The van der Waals surface area contributed by atoms with Crippen molar-refractivity contribution in [2.24, 2.45) is 12.0 Å². The van der Waals surface area contributed by atoms with Crippen molar-refractivity contribution in [1.82, 2.24) is 30.0 Å². The summed E-state index contributed by atoms with van der Waals surface area (Å²) in [5.74, 6) is 2.48. The molecule has 0 aliphatic rings. The molecule has 0 fully saturated rings. The van der Waals surface area contributed by atoms with Crippen LogP contribution in [0.2, 0.25) is 0 Å². The number of methoxy groups -OCH3 is 1. The van der Waals surface area contributed by atoms with Gasteiger partial charge in [0.1, 0.15) is 12.4 Å². The van der Waals surface area contributed by atoms with Crippen molar-refractivity contribution in [2.45, 2.75) is 26.4 Å². The van der Waals surface area contributed by atoms with Gasteiger partial charge in [-0.05, 0) is 30.9 Å². The molecule has 1 aromatic carbocycles. The highest BCUT2D eigenvalue weighted by Crippen LogP contribution is 2.15. The zero-order valence-corrected chi connectivity index (χ0v) is 19.6. The zero-order chi connectivity index (χ0) is 19.8. The van der Waals surface area contributed by atoms with Gasteiger partial charge >= 0.3 is 0 Å². The highest BCUT2D eigenvalue weighted by molar-refractivity contribution is 14.0. The summed E-state index contributed by atoms with van der Waals surface area (Å²) in [6, 6.07) is 10.6. The van der Waals surface area contributed by atoms with Crippen LogP contribution in [-0.4, -0.2) is 52.1 Å². The van der Waals surface area contributed by atoms with Crippen molar-refractivity contribution in [2.75, 3.05) is 26.8 Å². The van der Waals surface area contributed by atoms with Crippen LogP contribution in [0.25, 0.3) is 10.9 Å². The Morgan fingerprint density at radius 3 is 2.69 bits per heavy atom. The molecule has 0 amide bonds. The fourth-order valence-electron chi connectivity index (χ4n) is 2.98. The number of nitrogens with zero attached hydrogens (tertiary/aromatic N) is 5. The number of hydrogen-bond acceptors (Lipinski definition) is 4. The van der Waals surface area contributed by atoms with Crippen LogP contribution < -0.4 is 10.6 Å². The molecule has 0 unspecified atom stereocenters. The Bertz CT molecular complexity index is 919. The zero-order valence-electron chi connectivity index (χ0n) is 17.3. The fourth-order valence-corrected chi connectivity index (χ4v) is 2.98. The number of ether oxygens (including phenoxy) is 1. The lowest BCUT2D eigenvalue weighted by Crippen LogP contribution is -2.39. The standard InChI is InChI=1S/C20H29N7O.HI/c1-16-24-25-19(26(16)2)15-23-20(22-11-14-28-3)21-10-6-12-27-13-9-17-7-4-5-8-18(17)27;/h4-5,7-9,13H,6,10-12,14-15H2,1-3H3,(H2,21,22,23);1H. The van der Waals surface area contributed by atoms with Gasteiger partial charge < -0.3 is 24.5 Å². The summed E-state index contributed by atoms with van der Waals surface area (Å²) in [7, 11) is 3.64. The Balaban J connectivity index is 0.00000300. The van der Waals surface area contributed by atoms with Gasteiger partial charge in [-0.15, -0.1) is 34.2 Å². The normalized spacial score (nSPS) is 11.5. The first-order valence-electron chi connectivity index (χ1n) is 9.59. The Morgan fingerprint density at radius 2 is 1.93 bits per heavy atom. The average Bonchev–Trinajstić information content (AvgIpc) is 3.27. The van der Waals surface area contributed by atoms with E-state index in [1.807, 2.05) is 18.5 Å². The van der Waals surface area contributed by atoms with E-state index in [4.69, 9.17) is 4.74 Å². The molecule has 0 aliphatic carbocycles. The summed E-state index contributed by atoms with van der Waals surface area (Å²) >= 11 is 0. The van der Waals surface area contributed by atoms with Crippen LogP contribution in [0, 0.1) is 6.92 Å². The summed E-state index contributed by atoms with van der Waals surface area (Å²) < 4.78 is 9.36. The van der Waals surface area contributed by atoms with E-state index in [2.05, 4.69) is 66.9 Å². The molecule has 0 saturated heterocycles. The van der Waals surface area contributed by atoms with Crippen LogP contribution in [0.1, 0.15) is 18.1 Å². The minimum Gasteiger partial charge on any atom is -0.383 e. The molecular formula is C20H30IN7O. The first-order valence-corrected chi connectivity index (χ1v) is 9.59. The molecule has 2 N–H and O–H groups in total. The largest absolute Gasteiger partial charge is 0.383 e. The average molecular weight is 511 g/mol. The van der Waals surface area contributed by atoms with Crippen LogP contribution in [0.5, 0.6) is 0 Å². The third-order valence-corrected chi connectivity index (χ3v) is 4.71. The van der Waals surface area contributed by atoms with E-state index in [0.29, 0.717) is 19.7 Å². The number of guanidine groups is 1. The smallest absolute Gasteiger partial charge is 0.191 e. The Kier molecular flexibility index (Phi) is 9.39. The summed E-state index contributed by atoms with van der Waals surface area (Å²) in [5, 5.41) is 16.2. The summed E-state index contributed by atoms with van der Waals surface area (Å²) in [6.45, 7) is 5.50. The van der Waals surface area contributed by atoms with E-state index in [0.717, 1.165) is 37.1 Å². The van der Waals surface area contributed by atoms with E-state index in [1.54, 1.807) is 7.11 Å². The molecule has 29 heavy (non-hydrogen) atoms. The topological polar surface area (TPSA) is 81.3 Å². The third-order valence-electron chi connectivity index (χ3n) is 4.71. The molecule has 0 spiro atoms. The minimum absolute atomic E-state index is 0. The van der Waals surface area contributed by atoms with Gasteiger partial charge in [-0.1, -0.05) is 18.2 Å². The second-order valence-electron chi connectivity index (χ2n) is 6.66. The molecule has 9 heteroatoms. The lowest BCUT2D eigenvalue weighted by molar-refractivity contribution is 0.203. The second-order valence-corrected chi connectivity index (χ2v) is 6.66. The maximum atomic E-state index is 5.12. The molecule has 0 radical (unpaired) electrons. The number of para-hydroxylation sites is 1. The Hall–Kier alpha value is -2.14. The summed E-state index contributed by atoms with van der Waals surface area (Å²) in [5.41, 5.74) is 1.27. The number of benzene rings is 1. The molecule has 2 heterocycles. The van der Waals surface area contributed by atoms with Gasteiger partial charge in [0.15, 0.2) is 11.8 Å². The lowest BCUT2D eigenvalue weighted by Gasteiger charge is -2.13. The van der Waals surface area contributed by atoms with Crippen molar-refractivity contribution in [3.8, 4) is 0 Å². The van der Waals surface area contributed by atoms with Crippen LogP contribution in [0.4, 0.5) is 0 Å². The number of rotatable bonds is 9. The SMILES string of the molecule is COCCNC(=NCc1nnc(C)n1C)NCCCn1ccc2ccccc21.I. The maximum absolute atomic E-state index is 5.12. The van der Waals surface area contributed by atoms with E-state index in [-0.39, 0.29) is 24.0 Å². The van der Waals surface area contributed by atoms with Gasteiger partial charge in [-0.3, -0.25) is 0 Å². The fraction of sp³-hybridized carbons (Fsp3) is 0.450. The number of hydrogen-bond donors (Lipinski definition) is 2. The number of aromatic nitrogens is 4. The van der Waals surface area contributed by atoms with Crippen molar-refractivity contribution in [3.05, 3.63) is 48.2 Å². The van der Waals surface area contributed by atoms with Gasteiger partial charge in [-0.2, -0.15) is 0 Å². The van der Waals surface area contributed by atoms with E-state index < -0.39 is 0 Å². The second kappa shape index (κ2) is 11.8. The monoisotopic (exact) mass is 511 g/mol. The van der Waals surface area contributed by atoms with Crippen molar-refractivity contribution in [3.63, 3.8) is 0 Å². The molecule has 2 aromatic heterocycles. The van der Waals surface area contributed by atoms with E-state index in [9.17, 15) is 0 Å². The minimum atomic E-state index is 0. The predicted molar refractivity (Wildman–Crippen MR) is 127 cm³/mol. The molecule has 8 nitrogen and oxygen atoms in total. The molecular weight excluding hydrogens is 481 g/mol. The summed E-state index contributed by atoms with van der Waals surface area (Å²) in [4.78, 5) is 4.63. The lowest BCUT2D eigenvalue weighted by atomic mass is 10.2. The molecule has 0 saturated carbocycles. The number of halogens is 1. The van der Waals surface area contributed by atoms with Crippen LogP contribution in [-0.2, 0) is 24.9 Å². The number of aryl methyl sites for hydroxylation is 2. The van der Waals surface area contributed by atoms with Gasteiger partial charge in [0.25, 0.3) is 0 Å². The van der Waals surface area contributed by atoms with Gasteiger partial charge in [0.2, 0.25) is 0 Å². The molecule has 158 valence electrons. The third kappa shape index (κ3) is 6.43. The van der Waals surface area contributed by atoms with Crippen molar-refractivity contribution < 1.29 is 4.74 Å². The van der Waals surface area contributed by atoms with E-state index >= 15 is 0 Å². The first kappa shape index (κ1) is 23.1. The van der Waals surface area contributed by atoms with Crippen LogP contribution >= 0.6 is 24.0 Å². The Morgan fingerprint density at radius 1 is 1.14 bits per heavy atom. The molecule has 0 atom stereocenters. The first-order chi connectivity index (χ1) is 13.7. The van der Waals surface area contributed by atoms with Gasteiger partial charge in [0, 0.05) is 45.5 Å². The van der Waals surface area contributed by atoms with Crippen molar-refractivity contribution in [1.29, 1.82) is 0 Å². The van der Waals surface area contributed by atoms with Gasteiger partial charge in [-0.25, -0.2) is 4.99 Å². The van der Waals surface area contributed by atoms with Crippen LogP contribution in [0.15, 0.2) is 41.5 Å².